The van der Waals surface area contributed by atoms with Crippen LogP contribution < -0.4 is 4.74 Å². The zero-order valence-corrected chi connectivity index (χ0v) is 16.5. The summed E-state index contributed by atoms with van der Waals surface area (Å²) in [5, 5.41) is 1.13. The third kappa shape index (κ3) is 5.43. The van der Waals surface area contributed by atoms with E-state index in [4.69, 9.17) is 4.74 Å². The second-order valence-corrected chi connectivity index (χ2v) is 6.23. The summed E-state index contributed by atoms with van der Waals surface area (Å²) < 4.78 is 8.09. The fourth-order valence-electron chi connectivity index (χ4n) is 2.49. The van der Waals surface area contributed by atoms with Gasteiger partial charge in [-0.2, -0.15) is 30.3 Å². The van der Waals surface area contributed by atoms with Gasteiger partial charge in [0.1, 0.15) is 10.8 Å². The van der Waals surface area contributed by atoms with Crippen LogP contribution in [0.15, 0.2) is 102 Å². The first kappa shape index (κ1) is 20.2. The molecule has 4 aromatic rings. The fourth-order valence-corrected chi connectivity index (χ4v) is 3.18. The van der Waals surface area contributed by atoms with Gasteiger partial charge in [-0.3, -0.25) is 0 Å². The molecule has 0 aliphatic carbocycles. The Morgan fingerprint density at radius 2 is 1.65 bits per heavy atom. The number of thioether (sulfide) groups is 1. The van der Waals surface area contributed by atoms with Crippen LogP contribution in [-0.2, 0) is 23.7 Å². The Bertz CT molecular complexity index is 819. The first-order valence-electron chi connectivity index (χ1n) is 8.19. The van der Waals surface area contributed by atoms with Crippen LogP contribution in [0.1, 0.15) is 5.56 Å². The van der Waals surface area contributed by atoms with Crippen molar-refractivity contribution >= 4 is 11.8 Å². The molecule has 26 heavy (non-hydrogen) atoms. The van der Waals surface area contributed by atoms with Crippen molar-refractivity contribution in [3.05, 3.63) is 103 Å². The summed E-state index contributed by atoms with van der Waals surface area (Å²) in [4.78, 5) is 0. The van der Waals surface area contributed by atoms with E-state index in [2.05, 4.69) is 41.3 Å². The summed E-state index contributed by atoms with van der Waals surface area (Å²) in [5.74, 6) is 0.933. The number of hydrogen-bond acceptors (Lipinski definition) is 2. The smallest absolute Gasteiger partial charge is 0.498 e. The van der Waals surface area contributed by atoms with E-state index in [0.29, 0.717) is 6.61 Å². The van der Waals surface area contributed by atoms with Gasteiger partial charge in [-0.15, -0.1) is 17.3 Å². The van der Waals surface area contributed by atoms with Crippen LogP contribution in [0.3, 0.4) is 0 Å². The molecule has 0 aliphatic heterocycles. The van der Waals surface area contributed by atoms with E-state index in [9.17, 15) is 0 Å². The van der Waals surface area contributed by atoms with Gasteiger partial charge < -0.3 is 9.30 Å². The third-order valence-electron chi connectivity index (χ3n) is 3.71. The molecule has 4 heteroatoms. The van der Waals surface area contributed by atoms with E-state index in [1.54, 1.807) is 11.8 Å². The molecule has 0 radical (unpaired) electrons. The summed E-state index contributed by atoms with van der Waals surface area (Å²) in [6.45, 7) is 0.610. The Morgan fingerprint density at radius 3 is 2.23 bits per heavy atom. The third-order valence-corrected chi connectivity index (χ3v) is 4.50. The van der Waals surface area contributed by atoms with Crippen LogP contribution in [0.25, 0.3) is 5.69 Å². The summed E-state index contributed by atoms with van der Waals surface area (Å²) in [6.07, 6.45) is 4.13. The van der Waals surface area contributed by atoms with Crippen molar-refractivity contribution in [2.75, 3.05) is 6.26 Å². The van der Waals surface area contributed by atoms with E-state index in [0.717, 1.165) is 16.5 Å². The summed E-state index contributed by atoms with van der Waals surface area (Å²) in [6, 6.07) is 30.6. The van der Waals surface area contributed by atoms with Gasteiger partial charge in [0.2, 0.25) is 0 Å². The van der Waals surface area contributed by atoms with Crippen LogP contribution in [0, 0.1) is 0 Å². The molecule has 3 aromatic carbocycles. The minimum absolute atomic E-state index is 0. The molecule has 0 amide bonds. The standard InChI is InChI=1S/C17H16NOS.C5H5.Fe/c1-20-17-16(19-13-14-7-5-6-8-14)11-12-18(17)15-9-3-2-4-10-15;1-2-4-5-3-1;/h2-12H,13H2,1H3;1-5H;/q2*-1;+2. The molecule has 2 nitrogen and oxygen atoms in total. The molecule has 0 saturated carbocycles. The number of nitrogens with zero attached hydrogens (tertiary/aromatic N) is 1. The van der Waals surface area contributed by atoms with Crippen molar-refractivity contribution in [1.82, 2.24) is 4.57 Å². The van der Waals surface area contributed by atoms with E-state index in [1.807, 2.05) is 66.7 Å². The van der Waals surface area contributed by atoms with Crippen LogP contribution in [0.2, 0.25) is 0 Å². The van der Waals surface area contributed by atoms with Gasteiger partial charge in [-0.25, -0.2) is 24.3 Å². The van der Waals surface area contributed by atoms with Crippen LogP contribution in [-0.4, -0.2) is 10.8 Å². The van der Waals surface area contributed by atoms with E-state index in [1.165, 1.54) is 5.56 Å². The SMILES string of the molecule is CSc1c(OC[c-]2cccc2)ccn1-c1ccccc1.[Fe+2].c1cc[cH-]c1. The van der Waals surface area contributed by atoms with Crippen molar-refractivity contribution in [2.45, 2.75) is 11.6 Å². The van der Waals surface area contributed by atoms with Crippen LogP contribution in [0.5, 0.6) is 5.75 Å². The number of aromatic nitrogens is 1. The average molecular weight is 403 g/mol. The van der Waals surface area contributed by atoms with Crippen molar-refractivity contribution in [3.8, 4) is 11.4 Å². The van der Waals surface area contributed by atoms with Gasteiger partial charge >= 0.3 is 17.1 Å². The maximum Gasteiger partial charge on any atom is 2.00 e. The first-order valence-corrected chi connectivity index (χ1v) is 9.42. The Labute approximate surface area is 170 Å². The predicted molar refractivity (Wildman–Crippen MR) is 106 cm³/mol. The van der Waals surface area contributed by atoms with Crippen molar-refractivity contribution in [1.29, 1.82) is 0 Å². The second kappa shape index (κ2) is 10.8. The molecule has 0 unspecified atom stereocenters. The second-order valence-electron chi connectivity index (χ2n) is 5.44. The van der Waals surface area contributed by atoms with E-state index < -0.39 is 0 Å². The number of para-hydroxylation sites is 1. The molecule has 4 rings (SSSR count). The monoisotopic (exact) mass is 403 g/mol. The Balaban J connectivity index is 0.000000351. The summed E-state index contributed by atoms with van der Waals surface area (Å²) in [5.41, 5.74) is 2.35. The van der Waals surface area contributed by atoms with Gasteiger partial charge in [-0.05, 0) is 24.5 Å². The molecule has 0 N–H and O–H groups in total. The molecular weight excluding hydrogens is 382 g/mol. The zero-order valence-electron chi connectivity index (χ0n) is 14.6. The van der Waals surface area contributed by atoms with E-state index in [-0.39, 0.29) is 17.1 Å². The summed E-state index contributed by atoms with van der Waals surface area (Å²) >= 11 is 1.70. The number of rotatable bonds is 5. The number of benzene rings is 1. The van der Waals surface area contributed by atoms with Crippen LogP contribution >= 0.6 is 11.8 Å². The number of hydrogen-bond donors (Lipinski definition) is 0. The fraction of sp³-hybridized carbons (Fsp3) is 0.0909. The van der Waals surface area contributed by atoms with Crippen molar-refractivity contribution in [3.63, 3.8) is 0 Å². The largest absolute Gasteiger partial charge is 2.00 e. The van der Waals surface area contributed by atoms with Crippen molar-refractivity contribution in [2.24, 2.45) is 0 Å². The number of ether oxygens (including phenoxy) is 1. The molecule has 0 spiro atoms. The normalized spacial score (nSPS) is 9.73. The minimum Gasteiger partial charge on any atom is -0.498 e. The molecule has 0 saturated heterocycles. The molecule has 0 aliphatic rings. The predicted octanol–water partition coefficient (Wildman–Crippen LogP) is 5.90. The maximum atomic E-state index is 5.93. The molecule has 0 fully saturated rings. The Hall–Kier alpha value is -2.13. The molecule has 0 atom stereocenters. The van der Waals surface area contributed by atoms with Crippen LogP contribution in [0.4, 0.5) is 0 Å². The van der Waals surface area contributed by atoms with Gasteiger partial charge in [0.05, 0.1) is 6.61 Å². The molecule has 134 valence electrons. The van der Waals surface area contributed by atoms with E-state index >= 15 is 0 Å². The Morgan fingerprint density at radius 1 is 0.962 bits per heavy atom. The zero-order chi connectivity index (χ0) is 17.3. The topological polar surface area (TPSA) is 14.2 Å². The quantitative estimate of drug-likeness (QED) is 0.234. The average Bonchev–Trinajstić information content (AvgIpc) is 3.44. The van der Waals surface area contributed by atoms with Gasteiger partial charge in [-0.1, -0.05) is 18.2 Å². The van der Waals surface area contributed by atoms with Gasteiger partial charge in [0.25, 0.3) is 0 Å². The van der Waals surface area contributed by atoms with Gasteiger partial charge in [0, 0.05) is 11.9 Å². The molecule has 0 bridgehead atoms. The molecular formula is C22H21FeNOS. The Kier molecular flexibility index (Phi) is 8.36. The minimum atomic E-state index is 0. The van der Waals surface area contributed by atoms with Gasteiger partial charge in [0.15, 0.2) is 0 Å². The molecule has 1 aromatic heterocycles. The summed E-state index contributed by atoms with van der Waals surface area (Å²) in [7, 11) is 0. The van der Waals surface area contributed by atoms with Crippen molar-refractivity contribution < 1.29 is 21.8 Å². The maximum absolute atomic E-state index is 5.93. The first-order chi connectivity index (χ1) is 12.4. The molecule has 1 heterocycles.